The predicted octanol–water partition coefficient (Wildman–Crippen LogP) is 2.16. The number of ether oxygens (including phenoxy) is 1. The molecule has 0 radical (unpaired) electrons. The summed E-state index contributed by atoms with van der Waals surface area (Å²) < 4.78 is 4.88. The van der Waals surface area contributed by atoms with Gasteiger partial charge in [-0.05, 0) is 48.9 Å². The van der Waals surface area contributed by atoms with Crippen molar-refractivity contribution in [3.8, 4) is 5.75 Å². The molecule has 3 rings (SSSR count). The van der Waals surface area contributed by atoms with Crippen LogP contribution in [-0.2, 0) is 21.4 Å². The molecule has 1 N–H and O–H groups in total. The van der Waals surface area contributed by atoms with Crippen LogP contribution in [0, 0.1) is 5.92 Å². The third-order valence-corrected chi connectivity index (χ3v) is 4.50. The number of methoxy groups -OCH3 is 1. The lowest BCUT2D eigenvalue weighted by Crippen LogP contribution is -2.47. The van der Waals surface area contributed by atoms with Crippen molar-refractivity contribution < 1.29 is 14.6 Å². The first-order valence-electron chi connectivity index (χ1n) is 6.07. The highest BCUT2D eigenvalue weighted by Crippen LogP contribution is 2.57. The molecule has 3 nitrogen and oxygen atoms in total. The van der Waals surface area contributed by atoms with Crippen LogP contribution < -0.4 is 0 Å². The van der Waals surface area contributed by atoms with Crippen LogP contribution in [0.25, 0.3) is 0 Å². The van der Waals surface area contributed by atoms with E-state index in [1.807, 2.05) is 12.1 Å². The molecule has 90 valence electrons. The molecular weight excluding hydrogens is 216 g/mol. The molecule has 0 unspecified atom stereocenters. The van der Waals surface area contributed by atoms with Crippen molar-refractivity contribution in [3.63, 3.8) is 0 Å². The largest absolute Gasteiger partial charge is 0.508 e. The standard InChI is InChI=1S/C14H16O3/c1-17-13(16)11-5-7-14(11)6-4-9-2-3-10(15)8-12(9)14/h2-3,8,11,15H,4-7H2,1H3/t11-,14-/m0/s1. The van der Waals surface area contributed by atoms with E-state index in [0.717, 1.165) is 25.7 Å². The molecule has 1 spiro atoms. The maximum Gasteiger partial charge on any atom is 0.309 e. The summed E-state index contributed by atoms with van der Waals surface area (Å²) in [5, 5.41) is 9.61. The van der Waals surface area contributed by atoms with Crippen LogP contribution in [0.4, 0.5) is 0 Å². The smallest absolute Gasteiger partial charge is 0.309 e. The Hall–Kier alpha value is -1.51. The zero-order valence-electron chi connectivity index (χ0n) is 9.90. The molecule has 0 saturated heterocycles. The van der Waals surface area contributed by atoms with Gasteiger partial charge >= 0.3 is 5.97 Å². The number of esters is 1. The van der Waals surface area contributed by atoms with Gasteiger partial charge in [0.2, 0.25) is 0 Å². The average molecular weight is 232 g/mol. The number of rotatable bonds is 1. The van der Waals surface area contributed by atoms with E-state index < -0.39 is 0 Å². The summed E-state index contributed by atoms with van der Waals surface area (Å²) in [6, 6.07) is 5.53. The van der Waals surface area contributed by atoms with Gasteiger partial charge in [-0.15, -0.1) is 0 Å². The van der Waals surface area contributed by atoms with Crippen LogP contribution in [0.1, 0.15) is 30.4 Å². The van der Waals surface area contributed by atoms with Gasteiger partial charge in [0.15, 0.2) is 0 Å². The van der Waals surface area contributed by atoms with Crippen LogP contribution in [-0.4, -0.2) is 18.2 Å². The van der Waals surface area contributed by atoms with E-state index in [4.69, 9.17) is 4.74 Å². The van der Waals surface area contributed by atoms with Gasteiger partial charge < -0.3 is 9.84 Å². The number of hydrogen-bond donors (Lipinski definition) is 1. The van der Waals surface area contributed by atoms with Crippen molar-refractivity contribution in [3.05, 3.63) is 29.3 Å². The number of aryl methyl sites for hydroxylation is 1. The Morgan fingerprint density at radius 1 is 1.47 bits per heavy atom. The zero-order valence-corrected chi connectivity index (χ0v) is 9.90. The molecular formula is C14H16O3. The quantitative estimate of drug-likeness (QED) is 0.755. The lowest BCUT2D eigenvalue weighted by molar-refractivity contribution is -0.153. The second-order valence-electron chi connectivity index (χ2n) is 5.11. The highest BCUT2D eigenvalue weighted by Gasteiger charge is 2.55. The molecule has 0 aliphatic heterocycles. The first-order chi connectivity index (χ1) is 8.17. The molecule has 1 aromatic rings. The number of fused-ring (bicyclic) bond motifs is 2. The minimum atomic E-state index is -0.104. The van der Waals surface area contributed by atoms with Crippen molar-refractivity contribution >= 4 is 5.97 Å². The second-order valence-corrected chi connectivity index (χ2v) is 5.11. The summed E-state index contributed by atoms with van der Waals surface area (Å²) in [4.78, 5) is 11.8. The lowest BCUT2D eigenvalue weighted by atomic mass is 9.57. The Morgan fingerprint density at radius 3 is 2.94 bits per heavy atom. The van der Waals surface area contributed by atoms with Gasteiger partial charge in [-0.3, -0.25) is 4.79 Å². The minimum Gasteiger partial charge on any atom is -0.508 e. The van der Waals surface area contributed by atoms with Gasteiger partial charge in [0.1, 0.15) is 5.75 Å². The molecule has 1 fully saturated rings. The van der Waals surface area contributed by atoms with Crippen molar-refractivity contribution in [2.75, 3.05) is 7.11 Å². The number of benzene rings is 1. The average Bonchev–Trinajstić information content (AvgIpc) is 2.68. The Labute approximate surface area is 100 Å². The van der Waals surface area contributed by atoms with Crippen LogP contribution in [0.5, 0.6) is 5.75 Å². The van der Waals surface area contributed by atoms with Gasteiger partial charge in [-0.1, -0.05) is 6.07 Å². The fourth-order valence-electron chi connectivity index (χ4n) is 3.48. The maximum atomic E-state index is 11.8. The molecule has 0 heterocycles. The van der Waals surface area contributed by atoms with Crippen LogP contribution in [0.15, 0.2) is 18.2 Å². The number of phenolic OH excluding ortho intramolecular Hbond substituents is 1. The fourth-order valence-corrected chi connectivity index (χ4v) is 3.48. The summed E-state index contributed by atoms with van der Waals surface area (Å²) in [6.07, 6.45) is 3.94. The van der Waals surface area contributed by atoms with Crippen LogP contribution in [0.3, 0.4) is 0 Å². The van der Waals surface area contributed by atoms with Gasteiger partial charge in [0.25, 0.3) is 0 Å². The van der Waals surface area contributed by atoms with Crippen LogP contribution in [0.2, 0.25) is 0 Å². The van der Waals surface area contributed by atoms with Crippen molar-refractivity contribution in [1.82, 2.24) is 0 Å². The SMILES string of the molecule is COC(=O)[C@@H]1CC[C@@]12CCc1ccc(O)cc12. The molecule has 0 amide bonds. The van der Waals surface area contributed by atoms with E-state index in [9.17, 15) is 9.90 Å². The van der Waals surface area contributed by atoms with E-state index >= 15 is 0 Å². The Balaban J connectivity index is 2.02. The number of carbonyl (C=O) groups is 1. The minimum absolute atomic E-state index is 0.0180. The summed E-state index contributed by atoms with van der Waals surface area (Å²) >= 11 is 0. The Kier molecular flexibility index (Phi) is 2.18. The van der Waals surface area contributed by atoms with Gasteiger partial charge in [0.05, 0.1) is 13.0 Å². The molecule has 1 aromatic carbocycles. The molecule has 2 aliphatic carbocycles. The number of hydrogen-bond acceptors (Lipinski definition) is 3. The number of carbonyl (C=O) groups excluding carboxylic acids is 1. The Bertz CT molecular complexity index is 480. The number of aromatic hydroxyl groups is 1. The molecule has 1 saturated carbocycles. The molecule has 17 heavy (non-hydrogen) atoms. The summed E-state index contributed by atoms with van der Waals surface area (Å²) in [7, 11) is 1.45. The molecule has 2 atom stereocenters. The molecule has 0 bridgehead atoms. The highest BCUT2D eigenvalue weighted by atomic mass is 16.5. The maximum absolute atomic E-state index is 11.8. The monoisotopic (exact) mass is 232 g/mol. The summed E-state index contributed by atoms with van der Waals surface area (Å²) in [5.41, 5.74) is 2.39. The molecule has 3 heteroatoms. The number of phenols is 1. The molecule has 2 aliphatic rings. The third kappa shape index (κ3) is 1.31. The molecule has 0 aromatic heterocycles. The highest BCUT2D eigenvalue weighted by molar-refractivity contribution is 5.77. The topological polar surface area (TPSA) is 46.5 Å². The van der Waals surface area contributed by atoms with E-state index in [1.54, 1.807) is 6.07 Å². The van der Waals surface area contributed by atoms with Crippen molar-refractivity contribution in [2.45, 2.75) is 31.1 Å². The van der Waals surface area contributed by atoms with Crippen LogP contribution >= 0.6 is 0 Å². The third-order valence-electron chi connectivity index (χ3n) is 4.50. The zero-order chi connectivity index (χ0) is 12.0. The van der Waals surface area contributed by atoms with Gasteiger partial charge in [-0.2, -0.15) is 0 Å². The van der Waals surface area contributed by atoms with E-state index in [0.29, 0.717) is 5.75 Å². The summed E-state index contributed by atoms with van der Waals surface area (Å²) in [6.45, 7) is 0. The van der Waals surface area contributed by atoms with E-state index in [-0.39, 0.29) is 17.3 Å². The predicted molar refractivity (Wildman–Crippen MR) is 62.8 cm³/mol. The van der Waals surface area contributed by atoms with E-state index in [2.05, 4.69) is 0 Å². The lowest BCUT2D eigenvalue weighted by Gasteiger charge is -2.46. The normalized spacial score (nSPS) is 29.8. The summed E-state index contributed by atoms with van der Waals surface area (Å²) in [5.74, 6) is 0.170. The van der Waals surface area contributed by atoms with Gasteiger partial charge in [0, 0.05) is 5.41 Å². The first-order valence-corrected chi connectivity index (χ1v) is 6.07. The Morgan fingerprint density at radius 2 is 2.29 bits per heavy atom. The fraction of sp³-hybridized carbons (Fsp3) is 0.500. The second kappa shape index (κ2) is 3.49. The van der Waals surface area contributed by atoms with Crippen molar-refractivity contribution in [1.29, 1.82) is 0 Å². The first kappa shape index (κ1) is 10.6. The van der Waals surface area contributed by atoms with Gasteiger partial charge in [-0.25, -0.2) is 0 Å². The van der Waals surface area contributed by atoms with Crippen molar-refractivity contribution in [2.24, 2.45) is 5.92 Å². The van der Waals surface area contributed by atoms with E-state index in [1.165, 1.54) is 18.2 Å².